The molecule has 21 heavy (non-hydrogen) atoms. The number of nitrogens with one attached hydrogen (secondary N) is 1. The summed E-state index contributed by atoms with van der Waals surface area (Å²) in [5.74, 6) is 0.538. The van der Waals surface area contributed by atoms with E-state index in [1.807, 2.05) is 6.07 Å². The number of nitrogens with zero attached hydrogens (tertiary/aromatic N) is 1. The number of hydrogen-bond donors (Lipinski definition) is 1. The molecule has 0 amide bonds. The molecule has 0 fully saturated rings. The Hall–Kier alpha value is -1.79. The molecule has 0 atom stereocenters. The smallest absolute Gasteiger partial charge is 0.212 e. The maximum Gasteiger partial charge on any atom is 0.212 e. The van der Waals surface area contributed by atoms with E-state index in [0.717, 1.165) is 11.8 Å². The van der Waals surface area contributed by atoms with Crippen LogP contribution in [-0.4, -0.2) is 26.8 Å². The summed E-state index contributed by atoms with van der Waals surface area (Å²) < 4.78 is 28.1. The Morgan fingerprint density at radius 2 is 2.05 bits per heavy atom. The van der Waals surface area contributed by atoms with Gasteiger partial charge in [-0.15, -0.1) is 0 Å². The average Bonchev–Trinajstić information content (AvgIpc) is 2.45. The van der Waals surface area contributed by atoms with Gasteiger partial charge < -0.3 is 10.1 Å². The number of sulfone groups is 1. The third kappa shape index (κ3) is 4.09. The van der Waals surface area contributed by atoms with E-state index in [-0.39, 0.29) is 4.90 Å². The second kappa shape index (κ2) is 6.32. The molecule has 0 aliphatic carbocycles. The molecule has 0 aliphatic rings. The molecule has 0 aliphatic heterocycles. The minimum atomic E-state index is -3.26. The van der Waals surface area contributed by atoms with E-state index >= 15 is 0 Å². The molecular formula is C14H15ClN2O3S. The first-order valence-electron chi connectivity index (χ1n) is 6.12. The van der Waals surface area contributed by atoms with Crippen LogP contribution in [0.1, 0.15) is 5.56 Å². The van der Waals surface area contributed by atoms with Crippen LogP contribution in [0.15, 0.2) is 41.4 Å². The molecule has 0 saturated heterocycles. The molecule has 0 radical (unpaired) electrons. The maximum absolute atomic E-state index is 11.5. The standard InChI is InChI=1S/C14H15ClN2O3S/c1-20-14-6-3-10(9-17-14)8-16-13-7-11(21(2,18)19)4-5-12(13)15/h3-7,9,16H,8H2,1-2H3. The second-order valence-corrected chi connectivity index (χ2v) is 6.90. The number of methoxy groups -OCH3 is 1. The lowest BCUT2D eigenvalue weighted by molar-refractivity contribution is 0.397. The molecule has 1 aromatic heterocycles. The molecular weight excluding hydrogens is 312 g/mol. The third-order valence-corrected chi connectivity index (χ3v) is 4.30. The summed E-state index contributed by atoms with van der Waals surface area (Å²) in [6, 6.07) is 8.19. The molecule has 0 bridgehead atoms. The summed E-state index contributed by atoms with van der Waals surface area (Å²) >= 11 is 6.07. The van der Waals surface area contributed by atoms with Gasteiger partial charge in [-0.25, -0.2) is 13.4 Å². The Labute approximate surface area is 128 Å². The van der Waals surface area contributed by atoms with Crippen molar-refractivity contribution in [2.75, 3.05) is 18.7 Å². The van der Waals surface area contributed by atoms with Crippen molar-refractivity contribution in [1.82, 2.24) is 4.98 Å². The van der Waals surface area contributed by atoms with E-state index in [1.165, 1.54) is 12.1 Å². The molecule has 0 unspecified atom stereocenters. The zero-order valence-electron chi connectivity index (χ0n) is 11.6. The molecule has 7 heteroatoms. The second-order valence-electron chi connectivity index (χ2n) is 4.48. The summed E-state index contributed by atoms with van der Waals surface area (Å²) in [5, 5.41) is 3.56. The van der Waals surface area contributed by atoms with E-state index in [0.29, 0.717) is 23.1 Å². The van der Waals surface area contributed by atoms with Crippen molar-refractivity contribution in [2.45, 2.75) is 11.4 Å². The Balaban J connectivity index is 2.15. The molecule has 112 valence electrons. The first kappa shape index (κ1) is 15.6. The van der Waals surface area contributed by atoms with Crippen LogP contribution in [0.5, 0.6) is 5.88 Å². The molecule has 1 heterocycles. The van der Waals surface area contributed by atoms with Crippen molar-refractivity contribution in [3.05, 3.63) is 47.1 Å². The molecule has 1 aromatic carbocycles. The average molecular weight is 327 g/mol. The van der Waals surface area contributed by atoms with Crippen molar-refractivity contribution in [1.29, 1.82) is 0 Å². The molecule has 0 saturated carbocycles. The van der Waals surface area contributed by atoms with Crippen LogP contribution in [-0.2, 0) is 16.4 Å². The minimum absolute atomic E-state index is 0.224. The monoisotopic (exact) mass is 326 g/mol. The van der Waals surface area contributed by atoms with Gasteiger partial charge in [-0.1, -0.05) is 17.7 Å². The van der Waals surface area contributed by atoms with E-state index in [1.54, 1.807) is 25.4 Å². The van der Waals surface area contributed by atoms with Crippen LogP contribution >= 0.6 is 11.6 Å². The lowest BCUT2D eigenvalue weighted by atomic mass is 10.2. The lowest BCUT2D eigenvalue weighted by Crippen LogP contribution is -2.03. The highest BCUT2D eigenvalue weighted by atomic mass is 35.5. The Bertz CT molecular complexity index is 730. The number of benzene rings is 1. The van der Waals surface area contributed by atoms with Gasteiger partial charge >= 0.3 is 0 Å². The van der Waals surface area contributed by atoms with Gasteiger partial charge in [0.1, 0.15) is 0 Å². The van der Waals surface area contributed by atoms with Crippen LogP contribution in [0.25, 0.3) is 0 Å². The third-order valence-electron chi connectivity index (χ3n) is 2.86. The van der Waals surface area contributed by atoms with Gasteiger partial charge in [0.25, 0.3) is 0 Å². The minimum Gasteiger partial charge on any atom is -0.481 e. The van der Waals surface area contributed by atoms with Crippen LogP contribution < -0.4 is 10.1 Å². The van der Waals surface area contributed by atoms with Gasteiger partial charge in [0.05, 0.1) is 22.7 Å². The summed E-state index contributed by atoms with van der Waals surface area (Å²) in [4.78, 5) is 4.32. The van der Waals surface area contributed by atoms with Crippen LogP contribution in [0, 0.1) is 0 Å². The topological polar surface area (TPSA) is 68.3 Å². The number of pyridine rings is 1. The van der Waals surface area contributed by atoms with Gasteiger partial charge in [-0.2, -0.15) is 0 Å². The normalized spacial score (nSPS) is 11.2. The molecule has 0 spiro atoms. The first-order valence-corrected chi connectivity index (χ1v) is 8.39. The van der Waals surface area contributed by atoms with E-state index in [2.05, 4.69) is 10.3 Å². The Kier molecular flexibility index (Phi) is 4.69. The summed E-state index contributed by atoms with van der Waals surface area (Å²) in [7, 11) is -1.71. The fourth-order valence-corrected chi connectivity index (χ4v) is 2.54. The number of anilines is 1. The first-order chi connectivity index (χ1) is 9.90. The van der Waals surface area contributed by atoms with Gasteiger partial charge in [0.2, 0.25) is 5.88 Å². The van der Waals surface area contributed by atoms with E-state index in [4.69, 9.17) is 16.3 Å². The van der Waals surface area contributed by atoms with Gasteiger partial charge in [0.15, 0.2) is 9.84 Å². The number of halogens is 1. The largest absolute Gasteiger partial charge is 0.481 e. The van der Waals surface area contributed by atoms with Crippen molar-refractivity contribution in [3.63, 3.8) is 0 Å². The summed E-state index contributed by atoms with van der Waals surface area (Å²) in [6.07, 6.45) is 2.84. The predicted molar refractivity (Wildman–Crippen MR) is 82.7 cm³/mol. The van der Waals surface area contributed by atoms with Gasteiger partial charge in [0, 0.05) is 25.1 Å². The number of aromatic nitrogens is 1. The zero-order valence-corrected chi connectivity index (χ0v) is 13.2. The van der Waals surface area contributed by atoms with Crippen LogP contribution in [0.4, 0.5) is 5.69 Å². The van der Waals surface area contributed by atoms with E-state index in [9.17, 15) is 8.42 Å². The maximum atomic E-state index is 11.5. The quantitative estimate of drug-likeness (QED) is 0.915. The van der Waals surface area contributed by atoms with Crippen molar-refractivity contribution in [3.8, 4) is 5.88 Å². The summed E-state index contributed by atoms with van der Waals surface area (Å²) in [5.41, 5.74) is 1.49. The molecule has 1 N–H and O–H groups in total. The lowest BCUT2D eigenvalue weighted by Gasteiger charge is -2.10. The Morgan fingerprint density at radius 1 is 1.29 bits per heavy atom. The SMILES string of the molecule is COc1ccc(CNc2cc(S(C)(=O)=O)ccc2Cl)cn1. The Morgan fingerprint density at radius 3 is 2.62 bits per heavy atom. The summed E-state index contributed by atoms with van der Waals surface area (Å²) in [6.45, 7) is 0.476. The van der Waals surface area contributed by atoms with Gasteiger partial charge in [-0.3, -0.25) is 0 Å². The highest BCUT2D eigenvalue weighted by Crippen LogP contribution is 2.25. The fraction of sp³-hybridized carbons (Fsp3) is 0.214. The number of rotatable bonds is 5. The zero-order chi connectivity index (χ0) is 15.5. The molecule has 2 rings (SSSR count). The highest BCUT2D eigenvalue weighted by Gasteiger charge is 2.10. The predicted octanol–water partition coefficient (Wildman–Crippen LogP) is 2.76. The highest BCUT2D eigenvalue weighted by molar-refractivity contribution is 7.90. The van der Waals surface area contributed by atoms with Crippen molar-refractivity contribution < 1.29 is 13.2 Å². The number of ether oxygens (including phenoxy) is 1. The number of hydrogen-bond acceptors (Lipinski definition) is 5. The van der Waals surface area contributed by atoms with Crippen LogP contribution in [0.3, 0.4) is 0 Å². The van der Waals surface area contributed by atoms with Gasteiger partial charge in [-0.05, 0) is 23.8 Å². The van der Waals surface area contributed by atoms with Crippen molar-refractivity contribution >= 4 is 27.1 Å². The molecule has 2 aromatic rings. The van der Waals surface area contributed by atoms with Crippen molar-refractivity contribution in [2.24, 2.45) is 0 Å². The fourth-order valence-electron chi connectivity index (χ4n) is 1.70. The van der Waals surface area contributed by atoms with E-state index < -0.39 is 9.84 Å². The molecule has 5 nitrogen and oxygen atoms in total. The van der Waals surface area contributed by atoms with Crippen LogP contribution in [0.2, 0.25) is 5.02 Å².